The molecule has 18 heavy (non-hydrogen) atoms. The van der Waals surface area contributed by atoms with Gasteiger partial charge in [-0.1, -0.05) is 0 Å². The summed E-state index contributed by atoms with van der Waals surface area (Å²) in [7, 11) is 3.41. The number of fused-ring (bicyclic) bond motifs is 1. The number of hydrogen-bond acceptors (Lipinski definition) is 3. The molecule has 1 aliphatic carbocycles. The summed E-state index contributed by atoms with van der Waals surface area (Å²) in [5.74, 6) is 2.50. The van der Waals surface area contributed by atoms with Gasteiger partial charge in [0.2, 0.25) is 0 Å². The second-order valence-electron chi connectivity index (χ2n) is 5.49. The van der Waals surface area contributed by atoms with Crippen LogP contribution in [0.2, 0.25) is 0 Å². The summed E-state index contributed by atoms with van der Waals surface area (Å²) >= 11 is 0. The first-order valence-corrected chi connectivity index (χ1v) is 6.73. The van der Waals surface area contributed by atoms with Crippen molar-refractivity contribution in [3.63, 3.8) is 0 Å². The first-order chi connectivity index (χ1) is 8.72. The van der Waals surface area contributed by atoms with E-state index >= 15 is 0 Å². The summed E-state index contributed by atoms with van der Waals surface area (Å²) in [6.45, 7) is 2.26. The van der Waals surface area contributed by atoms with Crippen molar-refractivity contribution in [3.8, 4) is 11.5 Å². The van der Waals surface area contributed by atoms with Gasteiger partial charge in [-0.05, 0) is 55.4 Å². The third kappa shape index (κ3) is 1.97. The molecule has 2 unspecified atom stereocenters. The molecule has 1 N–H and O–H groups in total. The van der Waals surface area contributed by atoms with E-state index in [-0.39, 0.29) is 0 Å². The minimum Gasteiger partial charge on any atom is -0.493 e. The maximum atomic E-state index is 5.42. The molecule has 0 amide bonds. The number of hydrogen-bond donors (Lipinski definition) is 1. The summed E-state index contributed by atoms with van der Waals surface area (Å²) in [5, 5.41) is 3.73. The maximum Gasteiger partial charge on any atom is 0.161 e. The van der Waals surface area contributed by atoms with Crippen LogP contribution < -0.4 is 14.8 Å². The van der Waals surface area contributed by atoms with E-state index in [1.165, 1.54) is 24.0 Å². The average molecular weight is 247 g/mol. The highest BCUT2D eigenvalue weighted by Gasteiger charge is 2.37. The Bertz CT molecular complexity index is 454. The van der Waals surface area contributed by atoms with Crippen LogP contribution in [0.15, 0.2) is 12.1 Å². The zero-order chi connectivity index (χ0) is 12.7. The molecule has 1 fully saturated rings. The average Bonchev–Trinajstić information content (AvgIpc) is 3.20. The molecule has 0 spiro atoms. The van der Waals surface area contributed by atoms with Crippen LogP contribution in [-0.4, -0.2) is 20.3 Å². The van der Waals surface area contributed by atoms with Crippen molar-refractivity contribution in [1.29, 1.82) is 0 Å². The fourth-order valence-electron chi connectivity index (χ4n) is 3.01. The maximum absolute atomic E-state index is 5.42. The molecule has 3 rings (SSSR count). The van der Waals surface area contributed by atoms with E-state index in [2.05, 4.69) is 24.4 Å². The van der Waals surface area contributed by atoms with Crippen molar-refractivity contribution in [2.45, 2.75) is 38.3 Å². The summed E-state index contributed by atoms with van der Waals surface area (Å²) in [6, 6.07) is 5.36. The van der Waals surface area contributed by atoms with Crippen LogP contribution in [-0.2, 0) is 6.42 Å². The Morgan fingerprint density at radius 1 is 1.11 bits per heavy atom. The lowest BCUT2D eigenvalue weighted by atomic mass is 9.88. The molecule has 1 aliphatic heterocycles. The lowest BCUT2D eigenvalue weighted by Crippen LogP contribution is -2.38. The van der Waals surface area contributed by atoms with E-state index < -0.39 is 0 Å². The number of rotatable bonds is 3. The van der Waals surface area contributed by atoms with E-state index in [1.807, 2.05) is 0 Å². The molecule has 0 aromatic heterocycles. The predicted octanol–water partition coefficient (Wildman–Crippen LogP) is 2.69. The first kappa shape index (κ1) is 11.8. The topological polar surface area (TPSA) is 30.5 Å². The van der Waals surface area contributed by atoms with Crippen LogP contribution in [0, 0.1) is 5.92 Å². The Morgan fingerprint density at radius 3 is 2.39 bits per heavy atom. The van der Waals surface area contributed by atoms with Gasteiger partial charge in [-0.15, -0.1) is 0 Å². The molecule has 1 heterocycles. The fraction of sp³-hybridized carbons (Fsp3) is 0.600. The molecule has 2 atom stereocenters. The van der Waals surface area contributed by atoms with Gasteiger partial charge < -0.3 is 14.8 Å². The molecule has 0 radical (unpaired) electrons. The van der Waals surface area contributed by atoms with E-state index in [4.69, 9.17) is 9.47 Å². The molecule has 1 aromatic carbocycles. The first-order valence-electron chi connectivity index (χ1n) is 6.73. The highest BCUT2D eigenvalue weighted by Crippen LogP contribution is 2.46. The zero-order valence-corrected chi connectivity index (χ0v) is 11.3. The van der Waals surface area contributed by atoms with Gasteiger partial charge in [-0.2, -0.15) is 0 Å². The Morgan fingerprint density at radius 2 is 1.78 bits per heavy atom. The van der Waals surface area contributed by atoms with Crippen LogP contribution in [0.3, 0.4) is 0 Å². The molecular formula is C15H21NO2. The lowest BCUT2D eigenvalue weighted by molar-refractivity contribution is 0.346. The van der Waals surface area contributed by atoms with Crippen molar-refractivity contribution in [1.82, 2.24) is 5.32 Å². The summed E-state index contributed by atoms with van der Waals surface area (Å²) < 4.78 is 10.8. The van der Waals surface area contributed by atoms with Crippen LogP contribution in [0.25, 0.3) is 0 Å². The van der Waals surface area contributed by atoms with E-state index in [9.17, 15) is 0 Å². The molecule has 98 valence electrons. The molecule has 1 saturated carbocycles. The van der Waals surface area contributed by atoms with E-state index in [1.54, 1.807) is 14.2 Å². The molecule has 3 heteroatoms. The predicted molar refractivity (Wildman–Crippen MR) is 71.3 cm³/mol. The highest BCUT2D eigenvalue weighted by atomic mass is 16.5. The van der Waals surface area contributed by atoms with Crippen molar-refractivity contribution < 1.29 is 9.47 Å². The molecule has 0 bridgehead atoms. The molecule has 3 nitrogen and oxygen atoms in total. The third-order valence-corrected chi connectivity index (χ3v) is 4.06. The second kappa shape index (κ2) is 4.47. The summed E-state index contributed by atoms with van der Waals surface area (Å²) in [5.41, 5.74) is 2.82. The number of benzene rings is 1. The van der Waals surface area contributed by atoms with E-state index in [0.717, 1.165) is 23.8 Å². The Kier molecular flexibility index (Phi) is 2.94. The second-order valence-corrected chi connectivity index (χ2v) is 5.49. The zero-order valence-electron chi connectivity index (χ0n) is 11.3. The summed E-state index contributed by atoms with van der Waals surface area (Å²) in [6.07, 6.45) is 3.76. The van der Waals surface area contributed by atoms with Gasteiger partial charge in [0, 0.05) is 12.1 Å². The lowest BCUT2D eigenvalue weighted by Gasteiger charge is -2.32. The van der Waals surface area contributed by atoms with Crippen LogP contribution in [0.1, 0.15) is 36.9 Å². The normalized spacial score (nSPS) is 26.6. The summed E-state index contributed by atoms with van der Waals surface area (Å²) in [4.78, 5) is 0. The standard InChI is InChI=1S/C15H21NO2/c1-9-6-11-7-13(17-2)14(18-3)8-12(11)15(16-9)10-4-5-10/h7-10,15-16H,4-6H2,1-3H3. The minimum absolute atomic E-state index is 0.503. The Labute approximate surface area is 108 Å². The van der Waals surface area contributed by atoms with Gasteiger partial charge in [-0.3, -0.25) is 0 Å². The van der Waals surface area contributed by atoms with Crippen molar-refractivity contribution in [2.24, 2.45) is 5.92 Å². The molecule has 2 aliphatic rings. The van der Waals surface area contributed by atoms with Gasteiger partial charge in [0.05, 0.1) is 14.2 Å². The minimum atomic E-state index is 0.503. The van der Waals surface area contributed by atoms with Gasteiger partial charge in [0.1, 0.15) is 0 Å². The van der Waals surface area contributed by atoms with Gasteiger partial charge in [-0.25, -0.2) is 0 Å². The number of ether oxygens (including phenoxy) is 2. The smallest absolute Gasteiger partial charge is 0.161 e. The van der Waals surface area contributed by atoms with Crippen molar-refractivity contribution >= 4 is 0 Å². The van der Waals surface area contributed by atoms with Crippen LogP contribution >= 0.6 is 0 Å². The van der Waals surface area contributed by atoms with Gasteiger partial charge in [0.25, 0.3) is 0 Å². The monoisotopic (exact) mass is 247 g/mol. The molecular weight excluding hydrogens is 226 g/mol. The van der Waals surface area contributed by atoms with Gasteiger partial charge in [0.15, 0.2) is 11.5 Å². The van der Waals surface area contributed by atoms with E-state index in [0.29, 0.717) is 12.1 Å². The molecule has 1 aromatic rings. The highest BCUT2D eigenvalue weighted by molar-refractivity contribution is 5.50. The third-order valence-electron chi connectivity index (χ3n) is 4.06. The Hall–Kier alpha value is -1.22. The van der Waals surface area contributed by atoms with Gasteiger partial charge >= 0.3 is 0 Å². The largest absolute Gasteiger partial charge is 0.493 e. The quantitative estimate of drug-likeness (QED) is 0.890. The fourth-order valence-corrected chi connectivity index (χ4v) is 3.01. The SMILES string of the molecule is COc1cc2c(cc1OC)C(C1CC1)NC(C)C2. The Balaban J connectivity index is 2.04. The number of nitrogens with one attached hydrogen (secondary N) is 1. The van der Waals surface area contributed by atoms with Crippen LogP contribution in [0.5, 0.6) is 11.5 Å². The van der Waals surface area contributed by atoms with Crippen molar-refractivity contribution in [3.05, 3.63) is 23.3 Å². The van der Waals surface area contributed by atoms with Crippen LogP contribution in [0.4, 0.5) is 0 Å². The van der Waals surface area contributed by atoms with Crippen molar-refractivity contribution in [2.75, 3.05) is 14.2 Å². The molecule has 0 saturated heterocycles. The number of methoxy groups -OCH3 is 2.